The number of nitrogens with zero attached hydrogens (tertiary/aromatic N) is 2. The molecule has 0 aliphatic rings. The predicted molar refractivity (Wildman–Crippen MR) is 103 cm³/mol. The van der Waals surface area contributed by atoms with E-state index in [0.29, 0.717) is 17.4 Å². The lowest BCUT2D eigenvalue weighted by Gasteiger charge is -2.40. The number of hydrogen-bond donors (Lipinski definition) is 1. The Kier molecular flexibility index (Phi) is 5.60. The smallest absolute Gasteiger partial charge is 0.417 e. The van der Waals surface area contributed by atoms with Gasteiger partial charge in [-0.2, -0.15) is 18.3 Å². The second kappa shape index (κ2) is 7.01. The van der Waals surface area contributed by atoms with Crippen LogP contribution in [0.5, 0.6) is 5.75 Å². The maximum Gasteiger partial charge on any atom is 0.417 e. The Morgan fingerprint density at radius 2 is 1.81 bits per heavy atom. The monoisotopic (exact) mass is 403 g/mol. The van der Waals surface area contributed by atoms with Crippen LogP contribution in [0.2, 0.25) is 18.1 Å². The summed E-state index contributed by atoms with van der Waals surface area (Å²) in [6, 6.07) is 2.99. The fraction of sp³-hybridized carbons (Fsp3) is 0.611. The van der Waals surface area contributed by atoms with Crippen molar-refractivity contribution in [2.45, 2.75) is 64.7 Å². The molecule has 152 valence electrons. The van der Waals surface area contributed by atoms with E-state index >= 15 is 0 Å². The van der Waals surface area contributed by atoms with E-state index in [0.717, 1.165) is 0 Å². The third-order valence-corrected chi connectivity index (χ3v) is 9.67. The minimum Gasteiger partial charge on any atom is -0.496 e. The van der Waals surface area contributed by atoms with E-state index in [4.69, 9.17) is 14.9 Å². The van der Waals surface area contributed by atoms with Gasteiger partial charge in [0, 0.05) is 12.1 Å². The molecule has 0 bridgehead atoms. The fourth-order valence-corrected chi connectivity index (χ4v) is 3.93. The zero-order valence-corrected chi connectivity index (χ0v) is 17.9. The molecule has 2 aromatic rings. The van der Waals surface area contributed by atoms with Crippen LogP contribution in [0.1, 0.15) is 39.4 Å². The number of rotatable bonds is 5. The van der Waals surface area contributed by atoms with Crippen molar-refractivity contribution in [3.63, 3.8) is 0 Å². The number of methoxy groups -OCH3 is 1. The van der Waals surface area contributed by atoms with Gasteiger partial charge in [0.05, 0.1) is 18.0 Å². The Morgan fingerprint density at radius 1 is 1.22 bits per heavy atom. The first-order valence-corrected chi connectivity index (χ1v) is 11.7. The number of nitrogens with two attached hydrogens (primary N) is 1. The van der Waals surface area contributed by atoms with Crippen LogP contribution >= 0.6 is 0 Å². The quantitative estimate of drug-likeness (QED) is 0.691. The molecule has 0 radical (unpaired) electrons. The summed E-state index contributed by atoms with van der Waals surface area (Å²) in [6.45, 7) is 11.7. The van der Waals surface area contributed by atoms with Crippen molar-refractivity contribution < 1.29 is 22.3 Å². The highest BCUT2D eigenvalue weighted by molar-refractivity contribution is 6.74. The molecular formula is C18H28F3N3O2Si. The molecule has 2 rings (SSSR count). The minimum atomic E-state index is -4.59. The zero-order chi connectivity index (χ0) is 20.8. The Labute approximate surface area is 158 Å². The number of anilines is 1. The van der Waals surface area contributed by atoms with Crippen LogP contribution in [0.4, 0.5) is 19.0 Å². The lowest BCUT2D eigenvalue weighted by molar-refractivity contribution is -0.201. The maximum absolute atomic E-state index is 14.0. The Bertz CT molecular complexity index is 826. The lowest BCUT2D eigenvalue weighted by Crippen LogP contribution is -2.44. The molecule has 2 N–H and O–H groups in total. The molecule has 0 fully saturated rings. The van der Waals surface area contributed by atoms with Gasteiger partial charge in [-0.3, -0.25) is 4.68 Å². The van der Waals surface area contributed by atoms with Crippen molar-refractivity contribution in [3.8, 4) is 5.75 Å². The molecule has 0 unspecified atom stereocenters. The van der Waals surface area contributed by atoms with Crippen LogP contribution in [0.3, 0.4) is 0 Å². The van der Waals surface area contributed by atoms with Crippen molar-refractivity contribution in [2.24, 2.45) is 0 Å². The first-order chi connectivity index (χ1) is 12.2. The van der Waals surface area contributed by atoms with Crippen molar-refractivity contribution in [2.75, 3.05) is 12.8 Å². The topological polar surface area (TPSA) is 62.3 Å². The molecule has 0 amide bonds. The SMILES string of the molecule is CCn1nc(N)c2c(OC)c([C@@H](O[Si](C)(C)C(C)(C)C)C(F)(F)F)ccc21. The summed E-state index contributed by atoms with van der Waals surface area (Å²) >= 11 is 0. The number of nitrogen functional groups attached to an aromatic ring is 1. The molecule has 0 aliphatic carbocycles. The third kappa shape index (κ3) is 3.94. The highest BCUT2D eigenvalue weighted by Gasteiger charge is 2.49. The number of fused-ring (bicyclic) bond motifs is 1. The van der Waals surface area contributed by atoms with Gasteiger partial charge in [0.25, 0.3) is 0 Å². The molecule has 0 saturated heterocycles. The summed E-state index contributed by atoms with van der Waals surface area (Å²) in [6.07, 6.45) is -6.69. The summed E-state index contributed by atoms with van der Waals surface area (Å²) in [7, 11) is -1.37. The average molecular weight is 404 g/mol. The molecule has 9 heteroatoms. The molecule has 1 aromatic heterocycles. The van der Waals surface area contributed by atoms with Crippen LogP contribution in [0.25, 0.3) is 10.9 Å². The van der Waals surface area contributed by atoms with Crippen LogP contribution in [-0.2, 0) is 11.0 Å². The van der Waals surface area contributed by atoms with E-state index in [-0.39, 0.29) is 22.2 Å². The Morgan fingerprint density at radius 3 is 2.26 bits per heavy atom. The van der Waals surface area contributed by atoms with Crippen LogP contribution in [0, 0.1) is 0 Å². The van der Waals surface area contributed by atoms with E-state index in [2.05, 4.69) is 5.10 Å². The van der Waals surface area contributed by atoms with Gasteiger partial charge in [-0.1, -0.05) is 26.8 Å². The molecule has 1 atom stereocenters. The van der Waals surface area contributed by atoms with Crippen molar-refractivity contribution in [3.05, 3.63) is 17.7 Å². The Balaban J connectivity index is 2.70. The summed E-state index contributed by atoms with van der Waals surface area (Å²) in [5, 5.41) is 4.20. The number of aromatic nitrogens is 2. The maximum atomic E-state index is 14.0. The molecule has 27 heavy (non-hydrogen) atoms. The summed E-state index contributed by atoms with van der Waals surface area (Å²) in [5.74, 6) is 0.199. The van der Waals surface area contributed by atoms with E-state index in [9.17, 15) is 13.2 Å². The molecule has 5 nitrogen and oxygen atoms in total. The van der Waals surface area contributed by atoms with Crippen molar-refractivity contribution >= 4 is 25.0 Å². The molecule has 0 spiro atoms. The number of aryl methyl sites for hydroxylation is 1. The van der Waals surface area contributed by atoms with E-state index in [1.807, 2.05) is 27.7 Å². The van der Waals surface area contributed by atoms with Crippen molar-refractivity contribution in [1.29, 1.82) is 0 Å². The minimum absolute atomic E-state index is 0.0609. The predicted octanol–water partition coefficient (Wildman–Crippen LogP) is 5.27. The van der Waals surface area contributed by atoms with Gasteiger partial charge in [0.2, 0.25) is 0 Å². The van der Waals surface area contributed by atoms with Gasteiger partial charge in [0.15, 0.2) is 20.2 Å². The van der Waals surface area contributed by atoms with Gasteiger partial charge in [0.1, 0.15) is 5.75 Å². The molecular weight excluding hydrogens is 375 g/mol. The van der Waals surface area contributed by atoms with Gasteiger partial charge in [-0.25, -0.2) is 0 Å². The van der Waals surface area contributed by atoms with Gasteiger partial charge in [-0.15, -0.1) is 0 Å². The number of halogens is 3. The number of ether oxygens (including phenoxy) is 1. The van der Waals surface area contributed by atoms with E-state index in [1.54, 1.807) is 23.8 Å². The largest absolute Gasteiger partial charge is 0.496 e. The van der Waals surface area contributed by atoms with E-state index < -0.39 is 20.6 Å². The molecule has 1 heterocycles. The van der Waals surface area contributed by atoms with Gasteiger partial charge < -0.3 is 14.9 Å². The first-order valence-electron chi connectivity index (χ1n) is 8.82. The number of benzene rings is 1. The number of hydrogen-bond acceptors (Lipinski definition) is 4. The van der Waals surface area contributed by atoms with Crippen LogP contribution in [0.15, 0.2) is 12.1 Å². The normalized spacial score (nSPS) is 14.6. The van der Waals surface area contributed by atoms with E-state index in [1.165, 1.54) is 13.2 Å². The molecule has 1 aromatic carbocycles. The fourth-order valence-electron chi connectivity index (χ4n) is 2.73. The second-order valence-electron chi connectivity index (χ2n) is 8.08. The molecule has 0 aliphatic heterocycles. The van der Waals surface area contributed by atoms with Gasteiger partial charge >= 0.3 is 6.18 Å². The third-order valence-electron chi connectivity index (χ3n) is 5.23. The summed E-state index contributed by atoms with van der Waals surface area (Å²) < 4.78 is 54.8. The summed E-state index contributed by atoms with van der Waals surface area (Å²) in [4.78, 5) is 0. The molecule has 0 saturated carbocycles. The van der Waals surface area contributed by atoms with Crippen molar-refractivity contribution in [1.82, 2.24) is 9.78 Å². The average Bonchev–Trinajstić information content (AvgIpc) is 2.86. The number of alkyl halides is 3. The summed E-state index contributed by atoms with van der Waals surface area (Å²) in [5.41, 5.74) is 6.53. The highest BCUT2D eigenvalue weighted by atomic mass is 28.4. The zero-order valence-electron chi connectivity index (χ0n) is 16.9. The second-order valence-corrected chi connectivity index (χ2v) is 12.8. The first kappa shape index (κ1) is 21.6. The van der Waals surface area contributed by atoms with Gasteiger partial charge in [-0.05, 0) is 31.1 Å². The Hall–Kier alpha value is -1.74. The lowest BCUT2D eigenvalue weighted by atomic mass is 10.0. The van der Waals surface area contributed by atoms with Crippen LogP contribution in [-0.4, -0.2) is 31.4 Å². The van der Waals surface area contributed by atoms with Crippen LogP contribution < -0.4 is 10.5 Å². The standard InChI is InChI=1S/C18H28F3N3O2Si/c1-8-24-12-10-9-11(14(25-5)13(12)16(22)23-24)15(18(19,20)21)26-27(6,7)17(2,3)4/h9-10,15H,8H2,1-7H3,(H2,22,23)/t15-/m1/s1. The highest BCUT2D eigenvalue weighted by Crippen LogP contribution is 2.48.